The third-order valence-electron chi connectivity index (χ3n) is 3.81. The average molecular weight is 353 g/mol. The lowest BCUT2D eigenvalue weighted by atomic mass is 10.1. The number of aliphatic imine (C=N–C) groups is 1. The van der Waals surface area contributed by atoms with Crippen molar-refractivity contribution in [1.29, 1.82) is 0 Å². The fraction of sp³-hybridized carbons (Fsp3) is 0.211. The van der Waals surface area contributed by atoms with Crippen LogP contribution in [0.2, 0.25) is 0 Å². The highest BCUT2D eigenvalue weighted by molar-refractivity contribution is 8.15. The SMILES string of the molecule is CCc1ccccc1NC(=O)CC1SC(=Nc2ccccc2)NC1=O. The van der Waals surface area contributed by atoms with E-state index in [0.29, 0.717) is 5.17 Å². The Labute approximate surface area is 150 Å². The first-order chi connectivity index (χ1) is 12.2. The van der Waals surface area contributed by atoms with Crippen LogP contribution in [0.4, 0.5) is 11.4 Å². The number of benzene rings is 2. The topological polar surface area (TPSA) is 70.6 Å². The quantitative estimate of drug-likeness (QED) is 0.864. The average Bonchev–Trinajstić information content (AvgIpc) is 2.95. The molecular weight excluding hydrogens is 334 g/mol. The molecule has 1 unspecified atom stereocenters. The summed E-state index contributed by atoms with van der Waals surface area (Å²) in [4.78, 5) is 28.8. The number of carbonyl (C=O) groups is 2. The molecule has 0 aliphatic carbocycles. The molecule has 0 saturated carbocycles. The van der Waals surface area contributed by atoms with Crippen LogP contribution in [0.25, 0.3) is 0 Å². The Balaban J connectivity index is 1.62. The molecule has 1 atom stereocenters. The number of nitrogens with one attached hydrogen (secondary N) is 2. The lowest BCUT2D eigenvalue weighted by molar-refractivity contribution is -0.122. The zero-order chi connectivity index (χ0) is 17.6. The van der Waals surface area contributed by atoms with Crippen molar-refractivity contribution in [1.82, 2.24) is 5.32 Å². The second kappa shape index (κ2) is 7.98. The summed E-state index contributed by atoms with van der Waals surface area (Å²) in [6.45, 7) is 2.04. The van der Waals surface area contributed by atoms with E-state index in [9.17, 15) is 9.59 Å². The molecule has 0 aromatic heterocycles. The van der Waals surface area contributed by atoms with Crippen LogP contribution in [0.15, 0.2) is 59.6 Å². The van der Waals surface area contributed by atoms with Gasteiger partial charge < -0.3 is 10.6 Å². The first-order valence-corrected chi connectivity index (χ1v) is 9.02. The molecule has 0 spiro atoms. The fourth-order valence-electron chi connectivity index (χ4n) is 2.53. The third kappa shape index (κ3) is 4.48. The van der Waals surface area contributed by atoms with E-state index in [1.165, 1.54) is 11.8 Å². The van der Waals surface area contributed by atoms with Crippen molar-refractivity contribution in [2.45, 2.75) is 25.0 Å². The second-order valence-electron chi connectivity index (χ2n) is 5.61. The van der Waals surface area contributed by atoms with E-state index in [0.717, 1.165) is 23.4 Å². The van der Waals surface area contributed by atoms with Gasteiger partial charge in [0, 0.05) is 12.1 Å². The molecule has 1 fully saturated rings. The van der Waals surface area contributed by atoms with Crippen LogP contribution in [-0.2, 0) is 16.0 Å². The smallest absolute Gasteiger partial charge is 0.240 e. The zero-order valence-corrected chi connectivity index (χ0v) is 14.7. The first-order valence-electron chi connectivity index (χ1n) is 8.14. The van der Waals surface area contributed by atoms with Crippen molar-refractivity contribution in [2.75, 3.05) is 5.32 Å². The molecule has 3 rings (SSSR count). The summed E-state index contributed by atoms with van der Waals surface area (Å²) in [6.07, 6.45) is 0.950. The number of rotatable bonds is 5. The lowest BCUT2D eigenvalue weighted by Gasteiger charge is -2.10. The number of anilines is 1. The molecule has 1 saturated heterocycles. The van der Waals surface area contributed by atoms with Crippen molar-refractivity contribution >= 4 is 40.1 Å². The van der Waals surface area contributed by atoms with Crippen LogP contribution in [0.3, 0.4) is 0 Å². The van der Waals surface area contributed by atoms with Crippen LogP contribution in [0.1, 0.15) is 18.9 Å². The van der Waals surface area contributed by atoms with Gasteiger partial charge in [-0.1, -0.05) is 55.1 Å². The summed E-state index contributed by atoms with van der Waals surface area (Å²) < 4.78 is 0. The van der Waals surface area contributed by atoms with Crippen molar-refractivity contribution in [3.05, 3.63) is 60.2 Å². The fourth-order valence-corrected chi connectivity index (χ4v) is 3.52. The molecule has 128 valence electrons. The van der Waals surface area contributed by atoms with E-state index in [2.05, 4.69) is 15.6 Å². The van der Waals surface area contributed by atoms with Crippen LogP contribution < -0.4 is 10.6 Å². The van der Waals surface area contributed by atoms with Gasteiger partial charge in [-0.3, -0.25) is 9.59 Å². The third-order valence-corrected chi connectivity index (χ3v) is 4.89. The number of hydrogen-bond donors (Lipinski definition) is 2. The van der Waals surface area contributed by atoms with Gasteiger partial charge in [0.15, 0.2) is 5.17 Å². The minimum atomic E-state index is -0.462. The Hall–Kier alpha value is -2.60. The maximum atomic E-state index is 12.3. The van der Waals surface area contributed by atoms with Gasteiger partial charge in [-0.25, -0.2) is 4.99 Å². The largest absolute Gasteiger partial charge is 0.326 e. The number of aryl methyl sites for hydroxylation is 1. The predicted octanol–water partition coefficient (Wildman–Crippen LogP) is 3.50. The number of para-hydroxylation sites is 2. The standard InChI is InChI=1S/C19H19N3O2S/c1-2-13-8-6-7-11-15(13)21-17(23)12-16-18(24)22-19(25-16)20-14-9-4-3-5-10-14/h3-11,16H,2,12H2,1H3,(H,21,23)(H,20,22,24). The van der Waals surface area contributed by atoms with E-state index < -0.39 is 5.25 Å². The Kier molecular flexibility index (Phi) is 5.50. The lowest BCUT2D eigenvalue weighted by Crippen LogP contribution is -2.28. The summed E-state index contributed by atoms with van der Waals surface area (Å²) in [5, 5.41) is 5.71. The van der Waals surface area contributed by atoms with Gasteiger partial charge in [0.1, 0.15) is 5.25 Å². The molecule has 2 aromatic carbocycles. The van der Waals surface area contributed by atoms with Crippen LogP contribution in [0, 0.1) is 0 Å². The molecule has 6 heteroatoms. The molecule has 2 aromatic rings. The molecule has 1 heterocycles. The summed E-state index contributed by atoms with van der Waals surface area (Å²) in [6, 6.07) is 17.1. The highest BCUT2D eigenvalue weighted by atomic mass is 32.2. The number of carbonyl (C=O) groups excluding carboxylic acids is 2. The van der Waals surface area contributed by atoms with E-state index in [1.54, 1.807) is 0 Å². The second-order valence-corrected chi connectivity index (χ2v) is 6.80. The van der Waals surface area contributed by atoms with Crippen LogP contribution in [0.5, 0.6) is 0 Å². The number of nitrogens with zero attached hydrogens (tertiary/aromatic N) is 1. The minimum Gasteiger partial charge on any atom is -0.326 e. The highest BCUT2D eigenvalue weighted by Gasteiger charge is 2.32. The molecule has 5 nitrogen and oxygen atoms in total. The van der Waals surface area contributed by atoms with Gasteiger partial charge in [0.2, 0.25) is 11.8 Å². The van der Waals surface area contributed by atoms with Crippen molar-refractivity contribution in [2.24, 2.45) is 4.99 Å². The van der Waals surface area contributed by atoms with Crippen LogP contribution >= 0.6 is 11.8 Å². The maximum absolute atomic E-state index is 12.3. The van der Waals surface area contributed by atoms with Crippen molar-refractivity contribution < 1.29 is 9.59 Å². The molecule has 0 bridgehead atoms. The van der Waals surface area contributed by atoms with Crippen LogP contribution in [-0.4, -0.2) is 22.2 Å². The van der Waals surface area contributed by atoms with E-state index >= 15 is 0 Å². The van der Waals surface area contributed by atoms with Crippen molar-refractivity contribution in [3.63, 3.8) is 0 Å². The van der Waals surface area contributed by atoms with Crippen molar-refractivity contribution in [3.8, 4) is 0 Å². The Morgan fingerprint density at radius 1 is 1.16 bits per heavy atom. The molecule has 25 heavy (non-hydrogen) atoms. The van der Waals surface area contributed by atoms with Gasteiger partial charge >= 0.3 is 0 Å². The number of amidine groups is 1. The Bertz CT molecular complexity index is 805. The summed E-state index contributed by atoms with van der Waals surface area (Å²) in [5.41, 5.74) is 2.65. The molecule has 1 aliphatic heterocycles. The van der Waals surface area contributed by atoms with Gasteiger partial charge in [-0.05, 0) is 30.2 Å². The van der Waals surface area contributed by atoms with E-state index in [4.69, 9.17) is 0 Å². The monoisotopic (exact) mass is 353 g/mol. The number of hydrogen-bond acceptors (Lipinski definition) is 4. The molecule has 2 N–H and O–H groups in total. The summed E-state index contributed by atoms with van der Waals surface area (Å²) in [7, 11) is 0. The highest BCUT2D eigenvalue weighted by Crippen LogP contribution is 2.25. The number of thioether (sulfide) groups is 1. The minimum absolute atomic E-state index is 0.113. The Morgan fingerprint density at radius 2 is 1.88 bits per heavy atom. The summed E-state index contributed by atoms with van der Waals surface area (Å²) in [5.74, 6) is -0.354. The van der Waals surface area contributed by atoms with Gasteiger partial charge in [0.25, 0.3) is 0 Å². The molecular formula is C19H19N3O2S. The molecule has 2 amide bonds. The first kappa shape index (κ1) is 17.2. The van der Waals surface area contributed by atoms with Gasteiger partial charge in [0.05, 0.1) is 5.69 Å². The van der Waals surface area contributed by atoms with Gasteiger partial charge in [-0.15, -0.1) is 0 Å². The zero-order valence-electron chi connectivity index (χ0n) is 13.9. The summed E-state index contributed by atoms with van der Waals surface area (Å²) >= 11 is 1.29. The normalized spacial score (nSPS) is 18.2. The van der Waals surface area contributed by atoms with E-state index in [1.807, 2.05) is 61.5 Å². The maximum Gasteiger partial charge on any atom is 0.240 e. The molecule has 1 aliphatic rings. The number of amides is 2. The predicted molar refractivity (Wildman–Crippen MR) is 102 cm³/mol. The van der Waals surface area contributed by atoms with E-state index in [-0.39, 0.29) is 18.2 Å². The van der Waals surface area contributed by atoms with Gasteiger partial charge in [-0.2, -0.15) is 0 Å². The molecule has 0 radical (unpaired) electrons. The Morgan fingerprint density at radius 3 is 2.64 bits per heavy atom.